The number of thioether (sulfide) groups is 2. The SMILES string of the molecule is COc1ccc([C@H]2S[C@@H](C)C(=O)N2c2ccc(N3C(=O)[C@@H](C)S[C@@H]3c3ccc(OC)cc3)cc2)cc1. The topological polar surface area (TPSA) is 59.1 Å². The molecular formula is C28H28N2O4S2. The standard InChI is InChI=1S/C28H28N2O4S2/c1-17-25(31)29(27(35-17)19-5-13-23(33-3)14-6-19)21-9-11-22(12-10-21)30-26(32)18(2)36-28(30)20-7-15-24(34-4)16-8-20/h5-18,27-28H,1-4H3/t17-,18+,27-,28-/m1/s1. The molecule has 36 heavy (non-hydrogen) atoms. The van der Waals surface area contributed by atoms with Crippen molar-refractivity contribution < 1.29 is 19.1 Å². The highest BCUT2D eigenvalue weighted by atomic mass is 32.2. The maximum atomic E-state index is 13.1. The number of benzene rings is 3. The lowest BCUT2D eigenvalue weighted by atomic mass is 10.1. The molecule has 0 N–H and O–H groups in total. The third kappa shape index (κ3) is 4.44. The number of methoxy groups -OCH3 is 2. The van der Waals surface area contributed by atoms with Crippen LogP contribution in [-0.2, 0) is 9.59 Å². The molecule has 3 aromatic carbocycles. The van der Waals surface area contributed by atoms with E-state index in [0.29, 0.717) is 0 Å². The van der Waals surface area contributed by atoms with Crippen LogP contribution < -0.4 is 19.3 Å². The minimum atomic E-state index is -0.145. The van der Waals surface area contributed by atoms with Crippen LogP contribution in [0.1, 0.15) is 35.7 Å². The summed E-state index contributed by atoms with van der Waals surface area (Å²) in [5.41, 5.74) is 3.72. The van der Waals surface area contributed by atoms with Crippen LogP contribution in [0.25, 0.3) is 0 Å². The van der Waals surface area contributed by atoms with Crippen molar-refractivity contribution in [1.29, 1.82) is 0 Å². The molecular weight excluding hydrogens is 492 g/mol. The zero-order valence-electron chi connectivity index (χ0n) is 20.6. The molecule has 2 saturated heterocycles. The Bertz CT molecular complexity index is 1150. The number of anilines is 2. The molecule has 2 amide bonds. The van der Waals surface area contributed by atoms with Crippen LogP contribution in [-0.4, -0.2) is 36.5 Å². The van der Waals surface area contributed by atoms with E-state index in [9.17, 15) is 9.59 Å². The lowest BCUT2D eigenvalue weighted by Gasteiger charge is -2.27. The summed E-state index contributed by atoms with van der Waals surface area (Å²) in [5.74, 6) is 1.72. The molecule has 0 saturated carbocycles. The van der Waals surface area contributed by atoms with Gasteiger partial charge in [0.15, 0.2) is 0 Å². The smallest absolute Gasteiger partial charge is 0.241 e. The molecule has 0 unspecified atom stereocenters. The number of rotatable bonds is 6. The van der Waals surface area contributed by atoms with Crippen molar-refractivity contribution in [3.05, 3.63) is 83.9 Å². The predicted molar refractivity (Wildman–Crippen MR) is 147 cm³/mol. The first-order valence-corrected chi connectivity index (χ1v) is 13.6. The molecule has 3 aromatic rings. The van der Waals surface area contributed by atoms with Crippen molar-refractivity contribution >= 4 is 46.7 Å². The Morgan fingerprint density at radius 3 is 1.22 bits per heavy atom. The highest BCUT2D eigenvalue weighted by Crippen LogP contribution is 2.48. The number of carbonyl (C=O) groups is 2. The van der Waals surface area contributed by atoms with Gasteiger partial charge in [-0.25, -0.2) is 0 Å². The van der Waals surface area contributed by atoms with Gasteiger partial charge in [-0.15, -0.1) is 23.5 Å². The second-order valence-electron chi connectivity index (χ2n) is 8.74. The van der Waals surface area contributed by atoms with E-state index in [1.165, 1.54) is 0 Å². The molecule has 186 valence electrons. The van der Waals surface area contributed by atoms with Crippen molar-refractivity contribution in [3.8, 4) is 11.5 Å². The number of carbonyl (C=O) groups excluding carboxylic acids is 2. The molecule has 0 spiro atoms. The molecule has 0 radical (unpaired) electrons. The maximum Gasteiger partial charge on any atom is 0.241 e. The van der Waals surface area contributed by atoms with E-state index in [4.69, 9.17) is 9.47 Å². The molecule has 4 atom stereocenters. The average Bonchev–Trinajstić information content (AvgIpc) is 3.38. The molecule has 5 rings (SSSR count). The summed E-state index contributed by atoms with van der Waals surface area (Å²) in [7, 11) is 3.28. The lowest BCUT2D eigenvalue weighted by molar-refractivity contribution is -0.118. The van der Waals surface area contributed by atoms with Gasteiger partial charge in [-0.3, -0.25) is 19.4 Å². The van der Waals surface area contributed by atoms with Crippen LogP contribution in [0.2, 0.25) is 0 Å². The van der Waals surface area contributed by atoms with Gasteiger partial charge >= 0.3 is 0 Å². The number of hydrogen-bond acceptors (Lipinski definition) is 6. The number of ether oxygens (including phenoxy) is 2. The summed E-state index contributed by atoms with van der Waals surface area (Å²) in [5, 5.41) is -0.539. The van der Waals surface area contributed by atoms with Gasteiger partial charge in [0.1, 0.15) is 22.2 Å². The Kier molecular flexibility index (Phi) is 6.90. The summed E-state index contributed by atoms with van der Waals surface area (Å²) in [6, 6.07) is 23.4. The largest absolute Gasteiger partial charge is 0.497 e. The summed E-state index contributed by atoms with van der Waals surface area (Å²) in [6.07, 6.45) is 0. The van der Waals surface area contributed by atoms with E-state index < -0.39 is 0 Å². The third-order valence-electron chi connectivity index (χ3n) is 6.51. The van der Waals surface area contributed by atoms with Gasteiger partial charge in [0.25, 0.3) is 0 Å². The Morgan fingerprint density at radius 1 is 0.583 bits per heavy atom. The van der Waals surface area contributed by atoms with E-state index in [1.807, 2.05) is 96.4 Å². The molecule has 2 fully saturated rings. The number of nitrogens with zero attached hydrogens (tertiary/aromatic N) is 2. The van der Waals surface area contributed by atoms with Gasteiger partial charge in [-0.05, 0) is 73.5 Å². The van der Waals surface area contributed by atoms with Gasteiger partial charge in [0.05, 0.1) is 24.7 Å². The molecule has 0 bridgehead atoms. The first-order chi connectivity index (χ1) is 17.4. The Hall–Kier alpha value is -3.10. The van der Waals surface area contributed by atoms with Crippen molar-refractivity contribution in [3.63, 3.8) is 0 Å². The lowest BCUT2D eigenvalue weighted by Crippen LogP contribution is -2.31. The van der Waals surface area contributed by atoms with Crippen LogP contribution in [0.4, 0.5) is 11.4 Å². The second kappa shape index (κ2) is 10.1. The Labute approximate surface area is 219 Å². The predicted octanol–water partition coefficient (Wildman–Crippen LogP) is 6.04. The summed E-state index contributed by atoms with van der Waals surface area (Å²) in [6.45, 7) is 3.89. The fourth-order valence-corrected chi connectivity index (χ4v) is 7.10. The molecule has 8 heteroatoms. The van der Waals surface area contributed by atoms with E-state index in [-0.39, 0.29) is 33.1 Å². The fourth-order valence-electron chi connectivity index (χ4n) is 4.54. The summed E-state index contributed by atoms with van der Waals surface area (Å²) < 4.78 is 10.6. The second-order valence-corrected chi connectivity index (χ2v) is 11.6. The van der Waals surface area contributed by atoms with Gasteiger partial charge in [-0.1, -0.05) is 24.3 Å². The van der Waals surface area contributed by atoms with E-state index in [0.717, 1.165) is 34.0 Å². The summed E-state index contributed by atoms with van der Waals surface area (Å²) in [4.78, 5) is 30.0. The molecule has 0 aliphatic carbocycles. The van der Waals surface area contributed by atoms with Crippen molar-refractivity contribution in [2.75, 3.05) is 24.0 Å². The van der Waals surface area contributed by atoms with Crippen LogP contribution in [0.5, 0.6) is 11.5 Å². The zero-order chi connectivity index (χ0) is 25.4. The third-order valence-corrected chi connectivity index (χ3v) is 9.21. The van der Waals surface area contributed by atoms with Crippen molar-refractivity contribution in [2.24, 2.45) is 0 Å². The van der Waals surface area contributed by atoms with E-state index in [1.54, 1.807) is 37.7 Å². The maximum absolute atomic E-state index is 13.1. The fraction of sp³-hybridized carbons (Fsp3) is 0.286. The first-order valence-electron chi connectivity index (χ1n) is 11.8. The van der Waals surface area contributed by atoms with Gasteiger partial charge < -0.3 is 9.47 Å². The molecule has 2 aliphatic heterocycles. The number of hydrogen-bond donors (Lipinski definition) is 0. The van der Waals surface area contributed by atoms with E-state index >= 15 is 0 Å². The van der Waals surface area contributed by atoms with Crippen LogP contribution >= 0.6 is 23.5 Å². The van der Waals surface area contributed by atoms with Crippen molar-refractivity contribution in [1.82, 2.24) is 0 Å². The van der Waals surface area contributed by atoms with Crippen LogP contribution in [0.3, 0.4) is 0 Å². The highest BCUT2D eigenvalue weighted by Gasteiger charge is 2.41. The van der Waals surface area contributed by atoms with Crippen molar-refractivity contribution in [2.45, 2.75) is 35.1 Å². The average molecular weight is 521 g/mol. The van der Waals surface area contributed by atoms with E-state index in [2.05, 4.69) is 0 Å². The molecule has 2 aliphatic rings. The molecule has 6 nitrogen and oxygen atoms in total. The normalized spacial score (nSPS) is 23.9. The zero-order valence-corrected chi connectivity index (χ0v) is 22.2. The van der Waals surface area contributed by atoms with Gasteiger partial charge in [0, 0.05) is 11.4 Å². The molecule has 2 heterocycles. The quantitative estimate of drug-likeness (QED) is 0.395. The minimum Gasteiger partial charge on any atom is -0.497 e. The summed E-state index contributed by atoms with van der Waals surface area (Å²) >= 11 is 3.26. The minimum absolute atomic E-state index is 0.0751. The molecule has 0 aromatic heterocycles. The Morgan fingerprint density at radius 2 is 0.917 bits per heavy atom. The van der Waals surface area contributed by atoms with Crippen LogP contribution in [0.15, 0.2) is 72.8 Å². The highest BCUT2D eigenvalue weighted by molar-refractivity contribution is 8.01. The Balaban J connectivity index is 1.44. The van der Waals surface area contributed by atoms with Gasteiger partial charge in [-0.2, -0.15) is 0 Å². The first kappa shape index (κ1) is 24.6. The number of amides is 2. The van der Waals surface area contributed by atoms with Crippen LogP contribution in [0, 0.1) is 0 Å². The monoisotopic (exact) mass is 520 g/mol. The van der Waals surface area contributed by atoms with Gasteiger partial charge in [0.2, 0.25) is 11.8 Å².